The molecule has 2 N–H and O–H groups in total. The Morgan fingerprint density at radius 1 is 1.38 bits per heavy atom. The molecule has 0 spiro atoms. The summed E-state index contributed by atoms with van der Waals surface area (Å²) < 4.78 is 0. The highest BCUT2D eigenvalue weighted by atomic mass is 16.4. The van der Waals surface area contributed by atoms with Crippen LogP contribution in [0.15, 0.2) is 12.2 Å². The lowest BCUT2D eigenvalue weighted by atomic mass is 9.63. The van der Waals surface area contributed by atoms with Crippen LogP contribution in [0.1, 0.15) is 26.2 Å². The lowest BCUT2D eigenvalue weighted by Gasteiger charge is -2.41. The zero-order valence-electron chi connectivity index (χ0n) is 9.67. The first kappa shape index (κ1) is 11.6. The molecule has 0 saturated heterocycles. The van der Waals surface area contributed by atoms with Crippen LogP contribution < -0.4 is 0 Å². The Bertz CT molecular complexity index is 298. The summed E-state index contributed by atoms with van der Waals surface area (Å²) in [7, 11) is 0. The Morgan fingerprint density at radius 3 is 2.75 bits per heavy atom. The van der Waals surface area contributed by atoms with E-state index in [9.17, 15) is 9.90 Å². The van der Waals surface area contributed by atoms with Crippen molar-refractivity contribution in [2.24, 2.45) is 29.6 Å². The normalized spacial score (nSPS) is 42.8. The highest BCUT2D eigenvalue weighted by molar-refractivity contribution is 5.71. The Kier molecular flexibility index (Phi) is 3.33. The molecule has 0 bridgehead atoms. The molecule has 2 aliphatic rings. The van der Waals surface area contributed by atoms with Gasteiger partial charge in [0.2, 0.25) is 0 Å². The largest absolute Gasteiger partial charge is 0.481 e. The van der Waals surface area contributed by atoms with Gasteiger partial charge in [0, 0.05) is 6.61 Å². The fraction of sp³-hybridized carbons (Fsp3) is 0.769. The number of aliphatic hydroxyl groups excluding tert-OH is 1. The molecule has 0 radical (unpaired) electrons. The molecule has 3 heteroatoms. The predicted octanol–water partition coefficient (Wildman–Crippen LogP) is 1.92. The van der Waals surface area contributed by atoms with Crippen molar-refractivity contribution >= 4 is 5.97 Å². The molecular formula is C13H20O3. The van der Waals surface area contributed by atoms with Gasteiger partial charge in [-0.3, -0.25) is 4.79 Å². The Morgan fingerprint density at radius 2 is 2.12 bits per heavy atom. The maximum atomic E-state index is 11.3. The van der Waals surface area contributed by atoms with Gasteiger partial charge in [0.25, 0.3) is 0 Å². The van der Waals surface area contributed by atoms with Crippen LogP contribution in [-0.2, 0) is 4.79 Å². The van der Waals surface area contributed by atoms with Crippen LogP contribution in [0.25, 0.3) is 0 Å². The molecule has 5 atom stereocenters. The average Bonchev–Trinajstić information content (AvgIpc) is 2.27. The molecule has 90 valence electrons. The van der Waals surface area contributed by atoms with Gasteiger partial charge in [-0.15, -0.1) is 0 Å². The monoisotopic (exact) mass is 224 g/mol. The Labute approximate surface area is 96.2 Å². The van der Waals surface area contributed by atoms with Crippen LogP contribution in [0, 0.1) is 29.6 Å². The van der Waals surface area contributed by atoms with Gasteiger partial charge in [-0.2, -0.15) is 0 Å². The first-order valence-corrected chi connectivity index (χ1v) is 6.15. The summed E-state index contributed by atoms with van der Waals surface area (Å²) in [5.74, 6) is 0.269. The zero-order chi connectivity index (χ0) is 11.7. The predicted molar refractivity (Wildman–Crippen MR) is 60.8 cm³/mol. The molecule has 1 saturated carbocycles. The summed E-state index contributed by atoms with van der Waals surface area (Å²) >= 11 is 0. The van der Waals surface area contributed by atoms with E-state index in [1.165, 1.54) is 0 Å². The van der Waals surface area contributed by atoms with Gasteiger partial charge in [-0.1, -0.05) is 19.1 Å². The summed E-state index contributed by atoms with van der Waals surface area (Å²) in [6, 6.07) is 0. The van der Waals surface area contributed by atoms with Gasteiger partial charge < -0.3 is 10.2 Å². The smallest absolute Gasteiger partial charge is 0.307 e. The van der Waals surface area contributed by atoms with E-state index in [0.717, 1.165) is 19.3 Å². The van der Waals surface area contributed by atoms with Crippen LogP contribution in [-0.4, -0.2) is 22.8 Å². The molecule has 0 aromatic rings. The number of hydrogen-bond donors (Lipinski definition) is 2. The van der Waals surface area contributed by atoms with Gasteiger partial charge in [0.05, 0.1) is 5.92 Å². The second-order valence-electron chi connectivity index (χ2n) is 5.30. The molecule has 1 fully saturated rings. The molecule has 16 heavy (non-hydrogen) atoms. The van der Waals surface area contributed by atoms with Crippen molar-refractivity contribution in [3.63, 3.8) is 0 Å². The van der Waals surface area contributed by atoms with Crippen molar-refractivity contribution in [3.05, 3.63) is 12.2 Å². The Balaban J connectivity index is 2.15. The first-order chi connectivity index (χ1) is 7.63. The van der Waals surface area contributed by atoms with E-state index in [2.05, 4.69) is 6.08 Å². The van der Waals surface area contributed by atoms with Crippen LogP contribution in [0.2, 0.25) is 0 Å². The third kappa shape index (κ3) is 2.01. The highest BCUT2D eigenvalue weighted by Gasteiger charge is 2.41. The molecule has 0 unspecified atom stereocenters. The van der Waals surface area contributed by atoms with Crippen LogP contribution in [0.3, 0.4) is 0 Å². The SMILES string of the molecule is C[C@@H]1C=C[C@H]2C[C@H](CO)CC[C@@H]2[C@@H]1C(=O)O. The van der Waals surface area contributed by atoms with E-state index < -0.39 is 5.97 Å². The number of allylic oxidation sites excluding steroid dienone is 2. The zero-order valence-corrected chi connectivity index (χ0v) is 9.67. The quantitative estimate of drug-likeness (QED) is 0.704. The maximum Gasteiger partial charge on any atom is 0.307 e. The maximum absolute atomic E-state index is 11.3. The second-order valence-corrected chi connectivity index (χ2v) is 5.30. The number of rotatable bonds is 2. The number of hydrogen-bond acceptors (Lipinski definition) is 2. The molecule has 0 aromatic carbocycles. The minimum absolute atomic E-state index is 0.143. The van der Waals surface area contributed by atoms with Crippen molar-refractivity contribution in [2.75, 3.05) is 6.61 Å². The fourth-order valence-electron chi connectivity index (χ4n) is 3.39. The number of carbonyl (C=O) groups is 1. The van der Waals surface area contributed by atoms with E-state index in [-0.39, 0.29) is 24.4 Å². The molecule has 2 rings (SSSR count). The summed E-state index contributed by atoms with van der Waals surface area (Å²) in [6.45, 7) is 2.23. The summed E-state index contributed by atoms with van der Waals surface area (Å²) in [4.78, 5) is 11.3. The molecule has 0 amide bonds. The lowest BCUT2D eigenvalue weighted by Crippen LogP contribution is -2.39. The van der Waals surface area contributed by atoms with E-state index in [0.29, 0.717) is 11.8 Å². The third-order valence-electron chi connectivity index (χ3n) is 4.30. The van der Waals surface area contributed by atoms with Crippen LogP contribution >= 0.6 is 0 Å². The minimum atomic E-state index is -0.658. The van der Waals surface area contributed by atoms with Gasteiger partial charge in [-0.25, -0.2) is 0 Å². The summed E-state index contributed by atoms with van der Waals surface area (Å²) in [5.41, 5.74) is 0. The molecule has 0 aromatic heterocycles. The van der Waals surface area contributed by atoms with Gasteiger partial charge in [-0.05, 0) is 42.9 Å². The van der Waals surface area contributed by atoms with E-state index in [1.807, 2.05) is 13.0 Å². The van der Waals surface area contributed by atoms with Crippen molar-refractivity contribution in [2.45, 2.75) is 26.2 Å². The number of carboxylic acids is 1. The topological polar surface area (TPSA) is 57.5 Å². The molecule has 0 heterocycles. The summed E-state index contributed by atoms with van der Waals surface area (Å²) in [5, 5.41) is 18.5. The van der Waals surface area contributed by atoms with E-state index in [4.69, 9.17) is 5.11 Å². The summed E-state index contributed by atoms with van der Waals surface area (Å²) in [6.07, 6.45) is 7.09. The lowest BCUT2D eigenvalue weighted by molar-refractivity contribution is -0.147. The Hall–Kier alpha value is -0.830. The third-order valence-corrected chi connectivity index (χ3v) is 4.30. The number of fused-ring (bicyclic) bond motifs is 1. The van der Waals surface area contributed by atoms with Crippen molar-refractivity contribution in [3.8, 4) is 0 Å². The first-order valence-electron chi connectivity index (χ1n) is 6.15. The van der Waals surface area contributed by atoms with Gasteiger partial charge >= 0.3 is 5.97 Å². The van der Waals surface area contributed by atoms with Gasteiger partial charge in [0.1, 0.15) is 0 Å². The van der Waals surface area contributed by atoms with Crippen LogP contribution in [0.5, 0.6) is 0 Å². The molecular weight excluding hydrogens is 204 g/mol. The average molecular weight is 224 g/mol. The van der Waals surface area contributed by atoms with Gasteiger partial charge in [0.15, 0.2) is 0 Å². The van der Waals surface area contributed by atoms with E-state index >= 15 is 0 Å². The standard InChI is InChI=1S/C13H20O3/c1-8-2-4-10-6-9(7-14)3-5-11(10)12(8)13(15)16/h2,4,8-12,14H,3,5-7H2,1H3,(H,15,16)/t8-,9-,10+,11+,12-/m1/s1. The number of aliphatic carboxylic acids is 1. The number of aliphatic hydroxyl groups is 1. The molecule has 3 nitrogen and oxygen atoms in total. The highest BCUT2D eigenvalue weighted by Crippen LogP contribution is 2.44. The van der Waals surface area contributed by atoms with Crippen molar-refractivity contribution in [1.82, 2.24) is 0 Å². The van der Waals surface area contributed by atoms with Crippen LogP contribution in [0.4, 0.5) is 0 Å². The van der Waals surface area contributed by atoms with Crippen molar-refractivity contribution in [1.29, 1.82) is 0 Å². The van der Waals surface area contributed by atoms with Crippen molar-refractivity contribution < 1.29 is 15.0 Å². The molecule has 2 aliphatic carbocycles. The molecule has 0 aliphatic heterocycles. The number of carboxylic acid groups (broad SMARTS) is 1. The van der Waals surface area contributed by atoms with E-state index in [1.54, 1.807) is 0 Å². The fourth-order valence-corrected chi connectivity index (χ4v) is 3.39. The minimum Gasteiger partial charge on any atom is -0.481 e. The second kappa shape index (κ2) is 4.58.